The van der Waals surface area contributed by atoms with E-state index in [2.05, 4.69) is 55.3 Å². The predicted octanol–water partition coefficient (Wildman–Crippen LogP) is 5.61. The van der Waals surface area contributed by atoms with E-state index in [-0.39, 0.29) is 61.3 Å². The number of likely N-dealkylation sites (tertiary alicyclic amines) is 1. The van der Waals surface area contributed by atoms with E-state index in [4.69, 9.17) is 34.3 Å². The highest BCUT2D eigenvalue weighted by atomic mass is 32.1. The number of ether oxygens (including phenoxy) is 2. The lowest BCUT2D eigenvalue weighted by Crippen LogP contribution is -2.61. The van der Waals surface area contributed by atoms with E-state index in [0.717, 1.165) is 30.0 Å². The van der Waals surface area contributed by atoms with Gasteiger partial charge in [-0.05, 0) is 130 Å². The minimum Gasteiger partial charge on any atom is -0.491 e. The van der Waals surface area contributed by atoms with Gasteiger partial charge in [-0.15, -0.1) is 11.3 Å². The van der Waals surface area contributed by atoms with Crippen molar-refractivity contribution in [1.29, 1.82) is 0 Å². The molecule has 6 heterocycles. The maximum atomic E-state index is 14.5. The Morgan fingerprint density at radius 3 is 2.32 bits per heavy atom. The second-order valence-corrected chi connectivity index (χ2v) is 25.3. The van der Waals surface area contributed by atoms with E-state index in [9.17, 15) is 43.2 Å². The Labute approximate surface area is 527 Å². The van der Waals surface area contributed by atoms with Gasteiger partial charge in [-0.2, -0.15) is 0 Å². The number of aromatic nitrogens is 3. The molecule has 0 spiro atoms. The first kappa shape index (κ1) is 71.0. The van der Waals surface area contributed by atoms with Crippen LogP contribution in [0.3, 0.4) is 0 Å². The maximum Gasteiger partial charge on any atom is 0.322 e. The number of β-amino-alcohol motifs (C(OH)–C–C–N with tert-alkyl or cyclic N) is 1. The number of amides is 6. The largest absolute Gasteiger partial charge is 0.491 e. The molecule has 0 aliphatic carbocycles. The highest BCUT2D eigenvalue weighted by molar-refractivity contribution is 7.50. The molecule has 3 aliphatic rings. The third-order valence-electron chi connectivity index (χ3n) is 15.6. The molecule has 3 saturated heterocycles. The number of aryl methyl sites for hydroxylation is 2. The molecule has 3 aromatic carbocycles. The number of primary amides is 1. The summed E-state index contributed by atoms with van der Waals surface area (Å²) in [6.07, 6.45) is 3.46. The van der Waals surface area contributed by atoms with Crippen molar-refractivity contribution in [2.24, 2.45) is 11.7 Å². The number of rotatable bonds is 22. The van der Waals surface area contributed by atoms with Crippen LogP contribution in [0.5, 0.6) is 11.6 Å². The van der Waals surface area contributed by atoms with Crippen LogP contribution in [-0.4, -0.2) is 177 Å². The van der Waals surface area contributed by atoms with Gasteiger partial charge in [-0.1, -0.05) is 50.2 Å². The molecule has 6 unspecified atom stereocenters. The van der Waals surface area contributed by atoms with Gasteiger partial charge in [0.2, 0.25) is 29.5 Å². The monoisotopic (exact) mass is 1280 g/mol. The van der Waals surface area contributed by atoms with Crippen molar-refractivity contribution in [3.05, 3.63) is 118 Å². The van der Waals surface area contributed by atoms with Crippen LogP contribution in [0.1, 0.15) is 121 Å². The summed E-state index contributed by atoms with van der Waals surface area (Å²) < 4.78 is 27.1. The number of nitrogens with one attached hydrogen (secondary N) is 4. The molecule has 90 heavy (non-hydrogen) atoms. The van der Waals surface area contributed by atoms with Crippen LogP contribution in [0.25, 0.3) is 21.3 Å². The van der Waals surface area contributed by atoms with E-state index in [1.54, 1.807) is 46.6 Å². The Hall–Kier alpha value is -8.13. The number of carbonyl (C=O) groups is 8. The summed E-state index contributed by atoms with van der Waals surface area (Å²) in [5.41, 5.74) is 14.2. The average Bonchev–Trinajstić information content (AvgIpc) is 1.70. The van der Waals surface area contributed by atoms with Crippen LogP contribution in [0.2, 0.25) is 0 Å². The lowest BCUT2D eigenvalue weighted by atomic mass is 9.92. The Kier molecular flexibility index (Phi) is 26.5. The van der Waals surface area contributed by atoms with Crippen molar-refractivity contribution >= 4 is 78.4 Å². The Bertz CT molecular complexity index is 3450. The first-order chi connectivity index (χ1) is 42.9. The molecule has 3 aromatic heterocycles. The lowest BCUT2D eigenvalue weighted by molar-refractivity contribution is -0.145. The summed E-state index contributed by atoms with van der Waals surface area (Å²) in [5, 5.41) is 23.6. The minimum atomic E-state index is -3.64. The molecule has 27 heteroatoms. The Balaban J connectivity index is 0.000000493. The second-order valence-electron chi connectivity index (χ2n) is 22.8. The standard InChI is InChI=1S/C49H62N8O11.C12H14N2S.CH5O3P.CH2O/c1-28(2)45(49(65)56-19-17-36(60)24-56)42-23-44(54-68-42)66-20-6-8-32-7-5-9-41(29(32)3)67-27-34(11-15-43(50)61)51-47(63)40-14-12-35-16-18-55(30(4)59)25-39(48(64)57(35)40)53-46(62)38-22-33-21-31(26-58)10-13-37(33)52-38;1-9-12(15-8-14-9)11-5-3-10(4-6-11)7-13-2;1-5(2,3)4;1-2/h5,7,9-10,13,21-23,26,28,34-36,39-40,45,52,60H,6,8,11-12,14-20,24-25,27H2,1-4H3,(H2,50,61)(H,51,63)(H,53,62);3-6,8,13H,7H2,1-2H3;1H3,(H2,2,3,4);1H2. The number of aldehydes is 1. The molecule has 0 radical (unpaired) electrons. The van der Waals surface area contributed by atoms with E-state index < -0.39 is 61.4 Å². The molecule has 25 nitrogen and oxygen atoms in total. The third-order valence-corrected chi connectivity index (χ3v) is 16.6. The van der Waals surface area contributed by atoms with Gasteiger partial charge >= 0.3 is 7.60 Å². The quantitative estimate of drug-likeness (QED) is 0.0233. The van der Waals surface area contributed by atoms with Crippen molar-refractivity contribution < 1.29 is 71.8 Å². The fourth-order valence-electron chi connectivity index (χ4n) is 11.1. The van der Waals surface area contributed by atoms with Gasteiger partial charge in [-0.25, -0.2) is 4.98 Å². The number of benzene rings is 3. The number of hydrogen-bond donors (Lipinski definition) is 8. The fraction of sp³-hybridized carbons (Fsp3) is 0.460. The van der Waals surface area contributed by atoms with Crippen LogP contribution in [-0.2, 0) is 46.3 Å². The third kappa shape index (κ3) is 20.2. The number of nitrogens with zero attached hydrogens (tertiary/aromatic N) is 5. The van der Waals surface area contributed by atoms with Crippen LogP contribution >= 0.6 is 18.9 Å². The van der Waals surface area contributed by atoms with E-state index in [1.165, 1.54) is 32.7 Å². The number of fused-ring (bicyclic) bond motifs is 2. The first-order valence-corrected chi connectivity index (χ1v) is 32.6. The topological polar surface area (TPSA) is 359 Å². The van der Waals surface area contributed by atoms with Gasteiger partial charge in [0.05, 0.1) is 34.8 Å². The summed E-state index contributed by atoms with van der Waals surface area (Å²) in [4.78, 5) is 128. The summed E-state index contributed by atoms with van der Waals surface area (Å²) >= 11 is 1.70. The lowest BCUT2D eigenvalue weighted by Gasteiger charge is -2.38. The van der Waals surface area contributed by atoms with Gasteiger partial charge in [0, 0.05) is 81.3 Å². The molecular formula is C63H83N10O15PS. The van der Waals surface area contributed by atoms with Crippen LogP contribution < -0.4 is 31.2 Å². The molecule has 486 valence electrons. The number of H-pyrrole nitrogens is 1. The van der Waals surface area contributed by atoms with Gasteiger partial charge in [0.25, 0.3) is 11.8 Å². The highest BCUT2D eigenvalue weighted by Gasteiger charge is 2.46. The van der Waals surface area contributed by atoms with Crippen molar-refractivity contribution in [1.82, 2.24) is 45.8 Å². The van der Waals surface area contributed by atoms with Crippen molar-refractivity contribution in [3.8, 4) is 22.1 Å². The molecule has 9 rings (SSSR count). The van der Waals surface area contributed by atoms with Crippen LogP contribution in [0.4, 0.5) is 0 Å². The van der Waals surface area contributed by atoms with E-state index >= 15 is 0 Å². The van der Waals surface area contributed by atoms with Gasteiger partial charge < -0.3 is 75.1 Å². The highest BCUT2D eigenvalue weighted by Crippen LogP contribution is 2.33. The normalized spacial score (nSPS) is 17.9. The number of carbonyl (C=O) groups excluding carboxylic acids is 8. The fourth-order valence-corrected chi connectivity index (χ4v) is 11.9. The van der Waals surface area contributed by atoms with Gasteiger partial charge in [-0.3, -0.25) is 38.1 Å². The first-order valence-electron chi connectivity index (χ1n) is 29.7. The van der Waals surface area contributed by atoms with Gasteiger partial charge in [0.1, 0.15) is 49.1 Å². The van der Waals surface area contributed by atoms with E-state index in [0.29, 0.717) is 99.0 Å². The Morgan fingerprint density at radius 1 is 0.967 bits per heavy atom. The smallest absolute Gasteiger partial charge is 0.322 e. The van der Waals surface area contributed by atoms with Crippen molar-refractivity contribution in [2.45, 2.75) is 129 Å². The zero-order valence-electron chi connectivity index (χ0n) is 51.8. The zero-order chi connectivity index (χ0) is 65.8. The molecule has 0 bridgehead atoms. The number of thiazole rings is 1. The molecule has 0 saturated carbocycles. The molecule has 3 fully saturated rings. The van der Waals surface area contributed by atoms with Crippen LogP contribution in [0, 0.1) is 19.8 Å². The van der Waals surface area contributed by atoms with Crippen molar-refractivity contribution in [3.63, 3.8) is 0 Å². The zero-order valence-corrected chi connectivity index (χ0v) is 53.6. The van der Waals surface area contributed by atoms with Gasteiger partial charge in [0.15, 0.2) is 5.76 Å². The van der Waals surface area contributed by atoms with Crippen LogP contribution in [0.15, 0.2) is 82.8 Å². The molecule has 6 amide bonds. The maximum absolute atomic E-state index is 14.5. The average molecular weight is 1280 g/mol. The summed E-state index contributed by atoms with van der Waals surface area (Å²) in [5.74, 6) is -1.72. The molecule has 6 aromatic rings. The summed E-state index contributed by atoms with van der Waals surface area (Å²) in [6.45, 7) is 14.4. The number of aromatic amines is 1. The predicted molar refractivity (Wildman–Crippen MR) is 338 cm³/mol. The molecular weight excluding hydrogens is 1200 g/mol. The molecule has 3 aliphatic heterocycles. The van der Waals surface area contributed by atoms with E-state index in [1.807, 2.05) is 65.2 Å². The number of aliphatic hydroxyl groups excluding tert-OH is 1. The number of nitrogens with two attached hydrogens (primary N) is 1. The summed E-state index contributed by atoms with van der Waals surface area (Å²) in [7, 11) is -1.68. The second kappa shape index (κ2) is 33.6. The molecule has 9 N–H and O–H groups in total. The SMILES string of the molecule is C=O.CC(=O)N1CCC2CCC(C(=O)NC(CCC(N)=O)COc3cccc(CCCOc4cc(C(C(=O)N5CCC(O)C5)C(C)C)on4)c3C)N2C(=O)C(NC(=O)c2cc3cc(C=O)ccc3[nH]2)C1.CNCc1ccc(-c2scnc2C)cc1.CP(=O)(O)O. The minimum absolute atomic E-state index is 0.00826. The van der Waals surface area contributed by atoms with Crippen molar-refractivity contribution in [2.75, 3.05) is 53.1 Å². The number of aliphatic hydroxyl groups is 1. The molecule has 6 atom stereocenters. The number of hydrogen-bond acceptors (Lipinski definition) is 17. The Morgan fingerprint density at radius 2 is 1.69 bits per heavy atom. The summed E-state index contributed by atoms with van der Waals surface area (Å²) in [6, 6.07) is 19.4.